The molecule has 6 nitrogen and oxygen atoms in total. The third-order valence-electron chi connectivity index (χ3n) is 4.77. The fraction of sp³-hybridized carbons (Fsp3) is 0.136. The molecule has 2 heterocycles. The third kappa shape index (κ3) is 4.44. The molecule has 0 aliphatic carbocycles. The Morgan fingerprint density at radius 1 is 1.16 bits per heavy atom. The monoisotopic (exact) mass is 460 g/mol. The smallest absolute Gasteiger partial charge is 0.378 e. The van der Waals surface area contributed by atoms with Gasteiger partial charge in [0.15, 0.2) is 11.8 Å². The summed E-state index contributed by atoms with van der Waals surface area (Å²) in [6.45, 7) is 1.90. The van der Waals surface area contributed by atoms with Crippen LogP contribution in [0.25, 0.3) is 22.6 Å². The van der Waals surface area contributed by atoms with Crippen molar-refractivity contribution in [1.29, 1.82) is 0 Å². The van der Waals surface area contributed by atoms with E-state index in [4.69, 9.17) is 11.6 Å². The molecule has 0 spiro atoms. The number of pyridine rings is 1. The van der Waals surface area contributed by atoms with Gasteiger partial charge >= 0.3 is 6.18 Å². The number of aryl methyl sites for hydroxylation is 1. The van der Waals surface area contributed by atoms with Crippen molar-refractivity contribution < 1.29 is 23.1 Å². The summed E-state index contributed by atoms with van der Waals surface area (Å²) in [5.41, 5.74) is 2.18. The molecule has 0 radical (unpaired) electrons. The second-order valence-corrected chi connectivity index (χ2v) is 7.58. The van der Waals surface area contributed by atoms with Gasteiger partial charge < -0.3 is 15.4 Å². The Balaban J connectivity index is 1.56. The number of hydrogen-bond donors (Lipinski definition) is 3. The van der Waals surface area contributed by atoms with Crippen molar-refractivity contribution >= 4 is 34.4 Å². The highest BCUT2D eigenvalue weighted by atomic mass is 35.5. The Morgan fingerprint density at radius 2 is 1.88 bits per heavy atom. The number of aromatic nitrogens is 3. The van der Waals surface area contributed by atoms with E-state index in [1.54, 1.807) is 18.3 Å². The maximum Gasteiger partial charge on any atom is 0.416 e. The summed E-state index contributed by atoms with van der Waals surface area (Å²) in [6, 6.07) is 10.3. The van der Waals surface area contributed by atoms with Gasteiger partial charge in [0, 0.05) is 17.4 Å². The molecule has 2 aromatic heterocycles. The molecular formula is C22H16ClF3N4O2. The lowest BCUT2D eigenvalue weighted by Gasteiger charge is -2.14. The van der Waals surface area contributed by atoms with Crippen LogP contribution in [0.4, 0.5) is 18.9 Å². The highest BCUT2D eigenvalue weighted by molar-refractivity contribution is 6.33. The average Bonchev–Trinajstić information content (AvgIpc) is 3.17. The van der Waals surface area contributed by atoms with Crippen molar-refractivity contribution in [3.8, 4) is 11.4 Å². The van der Waals surface area contributed by atoms with Gasteiger partial charge in [0.05, 0.1) is 16.1 Å². The van der Waals surface area contributed by atoms with Gasteiger partial charge in [-0.3, -0.25) is 4.79 Å². The van der Waals surface area contributed by atoms with Crippen LogP contribution in [0, 0.1) is 6.92 Å². The normalized spacial score (nSPS) is 12.7. The number of halogens is 4. The maximum absolute atomic E-state index is 12.7. The van der Waals surface area contributed by atoms with Crippen molar-refractivity contribution in [2.24, 2.45) is 0 Å². The highest BCUT2D eigenvalue weighted by Crippen LogP contribution is 2.32. The standard InChI is InChI=1S/C22H16ClF3N4O2/c1-11-8-17-20(27-10-11)30-19(29-17)15-9-14(6-7-16(15)23)28-21(32)18(31)12-2-4-13(5-3-12)22(24,25)26/h2-10,18,31H,1H3,(H,28,32)(H,27,29,30). The SMILES string of the molecule is Cc1cnc2nc(-c3cc(NC(=O)C(O)c4ccc(C(F)(F)F)cc4)ccc3Cl)[nH]c2c1. The number of aliphatic hydroxyl groups excluding tert-OH is 1. The number of aromatic amines is 1. The van der Waals surface area contributed by atoms with Crippen molar-refractivity contribution in [3.05, 3.63) is 76.4 Å². The lowest BCUT2D eigenvalue weighted by atomic mass is 10.1. The first-order valence-corrected chi connectivity index (χ1v) is 9.78. The number of fused-ring (bicyclic) bond motifs is 1. The van der Waals surface area contributed by atoms with E-state index in [0.717, 1.165) is 35.3 Å². The van der Waals surface area contributed by atoms with Gasteiger partial charge in [-0.2, -0.15) is 13.2 Å². The quantitative estimate of drug-likeness (QED) is 0.386. The molecule has 32 heavy (non-hydrogen) atoms. The largest absolute Gasteiger partial charge is 0.416 e. The van der Waals surface area contributed by atoms with Crippen LogP contribution < -0.4 is 5.32 Å². The number of hydrogen-bond acceptors (Lipinski definition) is 4. The van der Waals surface area contributed by atoms with E-state index >= 15 is 0 Å². The number of imidazole rings is 1. The molecule has 0 aliphatic rings. The van der Waals surface area contributed by atoms with Crippen LogP contribution in [0.1, 0.15) is 22.8 Å². The predicted molar refractivity (Wildman–Crippen MR) is 114 cm³/mol. The molecule has 4 rings (SSSR count). The second-order valence-electron chi connectivity index (χ2n) is 7.18. The second kappa shape index (κ2) is 8.25. The topological polar surface area (TPSA) is 90.9 Å². The minimum absolute atomic E-state index is 0.0309. The Kier molecular flexibility index (Phi) is 5.62. The molecule has 1 amide bonds. The minimum atomic E-state index is -4.50. The number of nitrogens with zero attached hydrogens (tertiary/aromatic N) is 2. The van der Waals surface area contributed by atoms with Crippen molar-refractivity contribution in [1.82, 2.24) is 15.0 Å². The van der Waals surface area contributed by atoms with Gasteiger partial charge in [-0.05, 0) is 54.4 Å². The molecule has 1 atom stereocenters. The maximum atomic E-state index is 12.7. The number of carbonyl (C=O) groups is 1. The van der Waals surface area contributed by atoms with Crippen molar-refractivity contribution in [2.45, 2.75) is 19.2 Å². The van der Waals surface area contributed by atoms with Crippen LogP contribution >= 0.6 is 11.6 Å². The number of nitrogens with one attached hydrogen (secondary N) is 2. The summed E-state index contributed by atoms with van der Waals surface area (Å²) >= 11 is 6.30. The summed E-state index contributed by atoms with van der Waals surface area (Å²) in [5, 5.41) is 13.2. The molecule has 1 unspecified atom stereocenters. The van der Waals surface area contributed by atoms with E-state index < -0.39 is 23.8 Å². The van der Waals surface area contributed by atoms with E-state index in [-0.39, 0.29) is 5.56 Å². The van der Waals surface area contributed by atoms with Crippen LogP contribution in [0.3, 0.4) is 0 Å². The lowest BCUT2D eigenvalue weighted by Crippen LogP contribution is -2.21. The fourth-order valence-electron chi connectivity index (χ4n) is 3.13. The van der Waals surface area contributed by atoms with Gasteiger partial charge in [-0.25, -0.2) is 9.97 Å². The number of benzene rings is 2. The first-order chi connectivity index (χ1) is 15.1. The summed E-state index contributed by atoms with van der Waals surface area (Å²) in [5.74, 6) is -0.359. The predicted octanol–water partition coefficient (Wildman–Crippen LogP) is 5.28. The molecule has 0 fully saturated rings. The first kappa shape index (κ1) is 21.8. The van der Waals surface area contributed by atoms with Crippen LogP contribution in [-0.4, -0.2) is 26.0 Å². The number of H-pyrrole nitrogens is 1. The van der Waals surface area contributed by atoms with Crippen LogP contribution in [-0.2, 0) is 11.0 Å². The van der Waals surface area contributed by atoms with Crippen LogP contribution in [0.5, 0.6) is 0 Å². The highest BCUT2D eigenvalue weighted by Gasteiger charge is 2.30. The van der Waals surface area contributed by atoms with Gasteiger partial charge in [-0.15, -0.1) is 0 Å². The molecular weight excluding hydrogens is 445 g/mol. The zero-order valence-corrected chi connectivity index (χ0v) is 17.3. The van der Waals surface area contributed by atoms with Gasteiger partial charge in [-0.1, -0.05) is 23.7 Å². The minimum Gasteiger partial charge on any atom is -0.378 e. The molecule has 0 bridgehead atoms. The van der Waals surface area contributed by atoms with E-state index in [9.17, 15) is 23.1 Å². The van der Waals surface area contributed by atoms with Gasteiger partial charge in [0.25, 0.3) is 5.91 Å². The first-order valence-electron chi connectivity index (χ1n) is 9.40. The number of amides is 1. The Morgan fingerprint density at radius 3 is 2.56 bits per heavy atom. The molecule has 0 saturated heterocycles. The van der Waals surface area contributed by atoms with Crippen LogP contribution in [0.15, 0.2) is 54.7 Å². The third-order valence-corrected chi connectivity index (χ3v) is 5.09. The van der Waals surface area contributed by atoms with Gasteiger partial charge in [0.2, 0.25) is 0 Å². The Labute approximate surface area is 185 Å². The number of carbonyl (C=O) groups excluding carboxylic acids is 1. The zero-order valence-electron chi connectivity index (χ0n) is 16.5. The molecule has 3 N–H and O–H groups in total. The number of aliphatic hydroxyl groups is 1. The molecule has 164 valence electrons. The number of alkyl halides is 3. The molecule has 2 aromatic carbocycles. The fourth-order valence-corrected chi connectivity index (χ4v) is 3.34. The summed E-state index contributed by atoms with van der Waals surface area (Å²) in [6.07, 6.45) is -4.47. The molecule has 0 saturated carbocycles. The van der Waals surface area contributed by atoms with E-state index in [1.807, 2.05) is 13.0 Å². The number of rotatable bonds is 4. The van der Waals surface area contributed by atoms with Gasteiger partial charge in [0.1, 0.15) is 5.82 Å². The Hall–Kier alpha value is -3.43. The molecule has 4 aromatic rings. The van der Waals surface area contributed by atoms with Crippen molar-refractivity contribution in [3.63, 3.8) is 0 Å². The van der Waals surface area contributed by atoms with E-state index in [1.165, 1.54) is 6.07 Å². The summed E-state index contributed by atoms with van der Waals surface area (Å²) in [7, 11) is 0. The van der Waals surface area contributed by atoms with Crippen molar-refractivity contribution in [2.75, 3.05) is 5.32 Å². The van der Waals surface area contributed by atoms with E-state index in [0.29, 0.717) is 27.7 Å². The number of anilines is 1. The average molecular weight is 461 g/mol. The summed E-state index contributed by atoms with van der Waals surface area (Å²) in [4.78, 5) is 24.2. The van der Waals surface area contributed by atoms with E-state index in [2.05, 4.69) is 20.3 Å². The Bertz CT molecular complexity index is 1300. The summed E-state index contributed by atoms with van der Waals surface area (Å²) < 4.78 is 38.1. The molecule has 10 heteroatoms. The molecule has 0 aliphatic heterocycles. The lowest BCUT2D eigenvalue weighted by molar-refractivity contribution is -0.137. The zero-order chi connectivity index (χ0) is 23.0. The van der Waals surface area contributed by atoms with Crippen LogP contribution in [0.2, 0.25) is 5.02 Å².